The molecule has 4 heteroatoms. The van der Waals surface area contributed by atoms with Gasteiger partial charge in [0.05, 0.1) is 10.0 Å². The van der Waals surface area contributed by atoms with Crippen LogP contribution in [0.1, 0.15) is 0 Å². The standard InChI is InChI=1S/C9H7NOS2/c11-6-3-1-2-5-8(6)10-4-7(12)9(5)13/h1-4,11-12H,(H,10,13). The molecule has 1 aromatic heterocycles. The fourth-order valence-electron chi connectivity index (χ4n) is 1.23. The minimum atomic E-state index is 0.205. The number of aromatic nitrogens is 1. The first-order valence-electron chi connectivity index (χ1n) is 3.72. The van der Waals surface area contributed by atoms with E-state index in [2.05, 4.69) is 17.6 Å². The number of thiol groups is 1. The lowest BCUT2D eigenvalue weighted by Crippen LogP contribution is -1.81. The molecule has 13 heavy (non-hydrogen) atoms. The van der Waals surface area contributed by atoms with E-state index < -0.39 is 0 Å². The maximum atomic E-state index is 9.48. The molecule has 2 N–H and O–H groups in total. The zero-order chi connectivity index (χ0) is 9.42. The lowest BCUT2D eigenvalue weighted by atomic mass is 10.2. The largest absolute Gasteiger partial charge is 0.506 e. The molecular formula is C9H7NOS2. The predicted octanol–water partition coefficient (Wildman–Crippen LogP) is 2.89. The molecule has 2 rings (SSSR count). The molecule has 2 aromatic rings. The van der Waals surface area contributed by atoms with E-state index in [1.807, 2.05) is 6.07 Å². The summed E-state index contributed by atoms with van der Waals surface area (Å²) in [5.74, 6) is 0.205. The van der Waals surface area contributed by atoms with Crippen LogP contribution >= 0.6 is 24.8 Å². The Kier molecular flexibility index (Phi) is 2.01. The first-order chi connectivity index (χ1) is 6.20. The number of hydrogen-bond donors (Lipinski definition) is 3. The number of aromatic amines is 1. The molecule has 0 spiro atoms. The molecule has 0 aliphatic carbocycles. The summed E-state index contributed by atoms with van der Waals surface area (Å²) in [6, 6.07) is 5.23. The first-order valence-corrected chi connectivity index (χ1v) is 4.58. The molecule has 66 valence electrons. The van der Waals surface area contributed by atoms with Gasteiger partial charge < -0.3 is 10.1 Å². The van der Waals surface area contributed by atoms with Crippen molar-refractivity contribution in [3.8, 4) is 5.75 Å². The normalized spacial score (nSPS) is 10.5. The lowest BCUT2D eigenvalue weighted by Gasteiger charge is -2.01. The number of nitrogens with one attached hydrogen (secondary N) is 1. The molecule has 0 aliphatic heterocycles. The van der Waals surface area contributed by atoms with Gasteiger partial charge in [-0.1, -0.05) is 24.4 Å². The highest BCUT2D eigenvalue weighted by Crippen LogP contribution is 2.25. The van der Waals surface area contributed by atoms with Gasteiger partial charge in [-0.2, -0.15) is 0 Å². The highest BCUT2D eigenvalue weighted by molar-refractivity contribution is 7.81. The zero-order valence-electron chi connectivity index (χ0n) is 6.61. The summed E-state index contributed by atoms with van der Waals surface area (Å²) in [4.78, 5) is 3.65. The van der Waals surface area contributed by atoms with Gasteiger partial charge in [0.2, 0.25) is 0 Å². The van der Waals surface area contributed by atoms with Crippen molar-refractivity contribution >= 4 is 35.7 Å². The second kappa shape index (κ2) is 3.05. The second-order valence-electron chi connectivity index (χ2n) is 2.70. The molecule has 0 amide bonds. The van der Waals surface area contributed by atoms with E-state index >= 15 is 0 Å². The molecule has 2 nitrogen and oxygen atoms in total. The quantitative estimate of drug-likeness (QED) is 0.461. The summed E-state index contributed by atoms with van der Waals surface area (Å²) >= 11 is 9.34. The smallest absolute Gasteiger partial charge is 0.139 e. The Morgan fingerprint density at radius 3 is 2.92 bits per heavy atom. The van der Waals surface area contributed by atoms with E-state index in [9.17, 15) is 5.11 Å². The van der Waals surface area contributed by atoms with Gasteiger partial charge in [0.15, 0.2) is 0 Å². The summed E-state index contributed by atoms with van der Waals surface area (Å²) in [5, 5.41) is 10.3. The van der Waals surface area contributed by atoms with Crippen molar-refractivity contribution in [3.05, 3.63) is 28.9 Å². The number of benzene rings is 1. The van der Waals surface area contributed by atoms with E-state index in [-0.39, 0.29) is 5.75 Å². The molecule has 0 atom stereocenters. The number of para-hydroxylation sites is 1. The summed E-state index contributed by atoms with van der Waals surface area (Å²) < 4.78 is 0.660. The summed E-state index contributed by atoms with van der Waals surface area (Å²) in [5.41, 5.74) is 0.658. The lowest BCUT2D eigenvalue weighted by molar-refractivity contribution is 0.480. The number of H-pyrrole nitrogens is 1. The highest BCUT2D eigenvalue weighted by atomic mass is 32.1. The molecule has 0 unspecified atom stereocenters. The Morgan fingerprint density at radius 1 is 1.38 bits per heavy atom. The zero-order valence-corrected chi connectivity index (χ0v) is 8.32. The molecular weight excluding hydrogens is 202 g/mol. The number of pyridine rings is 1. The van der Waals surface area contributed by atoms with Gasteiger partial charge in [0, 0.05) is 16.5 Å². The SMILES string of the molecule is Oc1cccc2c(=S)c(S)c[nH]c12. The van der Waals surface area contributed by atoms with Crippen molar-refractivity contribution in [3.63, 3.8) is 0 Å². The van der Waals surface area contributed by atoms with Crippen molar-refractivity contribution in [1.29, 1.82) is 0 Å². The van der Waals surface area contributed by atoms with Crippen LogP contribution in [0.25, 0.3) is 10.9 Å². The average Bonchev–Trinajstić information content (AvgIpc) is 2.12. The Balaban J connectivity index is 3.03. The maximum absolute atomic E-state index is 9.48. The molecule has 0 saturated carbocycles. The third kappa shape index (κ3) is 1.32. The second-order valence-corrected chi connectivity index (χ2v) is 3.59. The average molecular weight is 209 g/mol. The van der Waals surface area contributed by atoms with E-state index in [0.717, 1.165) is 5.39 Å². The van der Waals surface area contributed by atoms with Gasteiger partial charge in [-0.15, -0.1) is 12.6 Å². The number of fused-ring (bicyclic) bond motifs is 1. The van der Waals surface area contributed by atoms with Crippen LogP contribution in [0.15, 0.2) is 29.3 Å². The fraction of sp³-hybridized carbons (Fsp3) is 0. The highest BCUT2D eigenvalue weighted by Gasteiger charge is 2.01. The fourth-order valence-corrected chi connectivity index (χ4v) is 1.64. The molecule has 0 saturated heterocycles. The number of aromatic hydroxyl groups is 1. The van der Waals surface area contributed by atoms with Crippen molar-refractivity contribution in [2.24, 2.45) is 0 Å². The van der Waals surface area contributed by atoms with Crippen LogP contribution in [-0.2, 0) is 0 Å². The van der Waals surface area contributed by atoms with Crippen LogP contribution in [0.2, 0.25) is 0 Å². The van der Waals surface area contributed by atoms with Crippen LogP contribution < -0.4 is 0 Å². The molecule has 1 aromatic carbocycles. The van der Waals surface area contributed by atoms with Crippen LogP contribution in [-0.4, -0.2) is 10.1 Å². The van der Waals surface area contributed by atoms with Crippen molar-refractivity contribution in [1.82, 2.24) is 4.98 Å². The van der Waals surface area contributed by atoms with E-state index in [1.54, 1.807) is 18.3 Å². The Bertz CT molecular complexity index is 518. The minimum Gasteiger partial charge on any atom is -0.506 e. The maximum Gasteiger partial charge on any atom is 0.139 e. The summed E-state index contributed by atoms with van der Waals surface area (Å²) in [6.07, 6.45) is 1.67. The molecule has 0 bridgehead atoms. The predicted molar refractivity (Wildman–Crippen MR) is 58.0 cm³/mol. The van der Waals surface area contributed by atoms with Gasteiger partial charge in [0.25, 0.3) is 0 Å². The topological polar surface area (TPSA) is 36.0 Å². The van der Waals surface area contributed by atoms with Crippen LogP contribution in [0.3, 0.4) is 0 Å². The Labute approximate surface area is 85.6 Å². The van der Waals surface area contributed by atoms with Gasteiger partial charge in [-0.3, -0.25) is 0 Å². The monoisotopic (exact) mass is 209 g/mol. The number of phenols is 1. The van der Waals surface area contributed by atoms with E-state index in [1.165, 1.54) is 0 Å². The van der Waals surface area contributed by atoms with E-state index in [0.29, 0.717) is 14.9 Å². The Hall–Kier alpha value is -1.00. The first kappa shape index (κ1) is 8.59. The molecule has 0 radical (unpaired) electrons. The van der Waals surface area contributed by atoms with Crippen molar-refractivity contribution < 1.29 is 5.11 Å². The third-order valence-corrected chi connectivity index (χ3v) is 2.82. The van der Waals surface area contributed by atoms with Crippen molar-refractivity contribution in [2.75, 3.05) is 0 Å². The van der Waals surface area contributed by atoms with Gasteiger partial charge in [-0.25, -0.2) is 0 Å². The van der Waals surface area contributed by atoms with Crippen LogP contribution in [0.5, 0.6) is 5.75 Å². The molecule has 0 aliphatic rings. The number of phenolic OH excluding ortho intramolecular Hbond substituents is 1. The molecule has 1 heterocycles. The number of rotatable bonds is 0. The van der Waals surface area contributed by atoms with Crippen LogP contribution in [0, 0.1) is 4.51 Å². The van der Waals surface area contributed by atoms with Crippen molar-refractivity contribution in [2.45, 2.75) is 4.90 Å². The van der Waals surface area contributed by atoms with Gasteiger partial charge in [0.1, 0.15) is 5.75 Å². The Morgan fingerprint density at radius 2 is 2.15 bits per heavy atom. The van der Waals surface area contributed by atoms with Gasteiger partial charge in [-0.05, 0) is 6.07 Å². The summed E-state index contributed by atoms with van der Waals surface area (Å²) in [7, 11) is 0. The number of hydrogen-bond acceptors (Lipinski definition) is 3. The van der Waals surface area contributed by atoms with E-state index in [4.69, 9.17) is 12.2 Å². The van der Waals surface area contributed by atoms with Crippen LogP contribution in [0.4, 0.5) is 0 Å². The summed E-state index contributed by atoms with van der Waals surface area (Å²) in [6.45, 7) is 0. The van der Waals surface area contributed by atoms with Gasteiger partial charge >= 0.3 is 0 Å². The molecule has 0 fully saturated rings. The third-order valence-electron chi connectivity index (χ3n) is 1.87. The minimum absolute atomic E-state index is 0.205.